The molecule has 206 valence electrons. The smallest absolute Gasteiger partial charge is 0.326 e. The predicted octanol–water partition coefficient (Wildman–Crippen LogP) is -0.467. The standard InChI is InChI=1S/C26H32N8O5/c27-19(10-17-12-28-14-30-17)23(35)32-20(9-16-5-2-1-3-6-16)25(37)34-8-4-7-22(34)24(36)33-21(26(38)39)11-18-13-29-15-31-18/h1-3,5-6,12-15,19-22H,4,7-11,27H2,(H,28,30)(H,29,31)(H,32,35)(H,33,36)(H,38,39). The lowest BCUT2D eigenvalue weighted by Crippen LogP contribution is -2.57. The monoisotopic (exact) mass is 536 g/mol. The summed E-state index contributed by atoms with van der Waals surface area (Å²) in [7, 11) is 0. The highest BCUT2D eigenvalue weighted by Gasteiger charge is 2.39. The number of imidazole rings is 2. The zero-order valence-electron chi connectivity index (χ0n) is 21.2. The Hall–Kier alpha value is -4.52. The summed E-state index contributed by atoms with van der Waals surface area (Å²) in [5, 5.41) is 15.0. The van der Waals surface area contributed by atoms with Crippen LogP contribution in [0, 0.1) is 0 Å². The fourth-order valence-corrected chi connectivity index (χ4v) is 4.64. The van der Waals surface area contributed by atoms with Crippen LogP contribution in [0.15, 0.2) is 55.4 Å². The largest absolute Gasteiger partial charge is 0.480 e. The molecule has 0 radical (unpaired) electrons. The SMILES string of the molecule is NC(Cc1cnc[nH]1)C(=O)NC(Cc1ccccc1)C(=O)N1CCCC1C(=O)NC(Cc1cnc[nH]1)C(=O)O. The molecule has 7 N–H and O–H groups in total. The van der Waals surface area contributed by atoms with Crippen LogP contribution in [-0.4, -0.2) is 84.3 Å². The number of nitrogens with two attached hydrogens (primary N) is 1. The average molecular weight is 537 g/mol. The molecule has 13 heteroatoms. The van der Waals surface area contributed by atoms with Crippen LogP contribution < -0.4 is 16.4 Å². The topological polar surface area (TPSA) is 199 Å². The lowest BCUT2D eigenvalue weighted by atomic mass is 10.0. The van der Waals surface area contributed by atoms with Crippen molar-refractivity contribution in [3.63, 3.8) is 0 Å². The fraction of sp³-hybridized carbons (Fsp3) is 0.385. The zero-order chi connectivity index (χ0) is 27.8. The van der Waals surface area contributed by atoms with E-state index in [1.165, 1.54) is 23.8 Å². The molecule has 4 unspecified atom stereocenters. The van der Waals surface area contributed by atoms with Crippen LogP contribution in [0.3, 0.4) is 0 Å². The Morgan fingerprint density at radius 1 is 0.974 bits per heavy atom. The van der Waals surface area contributed by atoms with E-state index in [1.54, 1.807) is 6.20 Å². The van der Waals surface area contributed by atoms with Crippen molar-refractivity contribution in [2.45, 2.75) is 56.3 Å². The summed E-state index contributed by atoms with van der Waals surface area (Å²) in [5.41, 5.74) is 8.17. The number of aromatic amines is 2. The van der Waals surface area contributed by atoms with E-state index in [9.17, 15) is 24.3 Å². The molecule has 2 aromatic heterocycles. The first-order chi connectivity index (χ1) is 18.8. The maximum atomic E-state index is 13.8. The quantitative estimate of drug-likeness (QED) is 0.178. The number of carbonyl (C=O) groups is 4. The lowest BCUT2D eigenvalue weighted by molar-refractivity contribution is -0.144. The highest BCUT2D eigenvalue weighted by atomic mass is 16.4. The number of aromatic nitrogens is 4. The molecular weight excluding hydrogens is 504 g/mol. The zero-order valence-corrected chi connectivity index (χ0v) is 21.2. The van der Waals surface area contributed by atoms with Crippen LogP contribution in [0.2, 0.25) is 0 Å². The number of H-pyrrole nitrogens is 2. The van der Waals surface area contributed by atoms with Crippen LogP contribution in [0.25, 0.3) is 0 Å². The molecule has 4 rings (SSSR count). The Labute approximate surface area is 224 Å². The minimum atomic E-state index is -1.20. The normalized spacial score (nSPS) is 17.3. The molecule has 1 saturated heterocycles. The van der Waals surface area contributed by atoms with Gasteiger partial charge in [0, 0.05) is 49.6 Å². The Morgan fingerprint density at radius 3 is 2.26 bits per heavy atom. The second-order valence-corrected chi connectivity index (χ2v) is 9.51. The molecule has 39 heavy (non-hydrogen) atoms. The lowest BCUT2D eigenvalue weighted by Gasteiger charge is -2.30. The number of amides is 3. The number of aliphatic carboxylic acids is 1. The number of rotatable bonds is 12. The molecule has 0 bridgehead atoms. The van der Waals surface area contributed by atoms with Crippen molar-refractivity contribution in [3.05, 3.63) is 72.3 Å². The summed E-state index contributed by atoms with van der Waals surface area (Å²) in [4.78, 5) is 66.7. The van der Waals surface area contributed by atoms with Gasteiger partial charge in [0.1, 0.15) is 18.1 Å². The van der Waals surface area contributed by atoms with E-state index < -0.39 is 47.9 Å². The minimum absolute atomic E-state index is 0.0165. The highest BCUT2D eigenvalue weighted by Crippen LogP contribution is 2.20. The van der Waals surface area contributed by atoms with Gasteiger partial charge in [0.05, 0.1) is 18.7 Å². The average Bonchev–Trinajstić information content (AvgIpc) is 3.71. The van der Waals surface area contributed by atoms with Crippen molar-refractivity contribution in [1.82, 2.24) is 35.5 Å². The maximum absolute atomic E-state index is 13.8. The second kappa shape index (κ2) is 12.8. The van der Waals surface area contributed by atoms with Gasteiger partial charge in [-0.3, -0.25) is 14.4 Å². The van der Waals surface area contributed by atoms with Crippen molar-refractivity contribution >= 4 is 23.7 Å². The Balaban J connectivity index is 1.47. The molecule has 4 atom stereocenters. The summed E-state index contributed by atoms with van der Waals surface area (Å²) >= 11 is 0. The number of hydrogen-bond acceptors (Lipinski definition) is 7. The van der Waals surface area contributed by atoms with Crippen molar-refractivity contribution in [1.29, 1.82) is 0 Å². The summed E-state index contributed by atoms with van der Waals surface area (Å²) in [6, 6.07) is 5.25. The summed E-state index contributed by atoms with van der Waals surface area (Å²) in [5.74, 6) is -2.70. The third-order valence-corrected chi connectivity index (χ3v) is 6.66. The van der Waals surface area contributed by atoms with E-state index in [0.717, 1.165) is 5.56 Å². The van der Waals surface area contributed by atoms with Crippen LogP contribution in [0.5, 0.6) is 0 Å². The summed E-state index contributed by atoms with van der Waals surface area (Å²) in [6.45, 7) is 0.302. The number of benzene rings is 1. The van der Waals surface area contributed by atoms with E-state index in [2.05, 4.69) is 30.6 Å². The van der Waals surface area contributed by atoms with Crippen molar-refractivity contribution < 1.29 is 24.3 Å². The first-order valence-electron chi connectivity index (χ1n) is 12.7. The van der Waals surface area contributed by atoms with Gasteiger partial charge in [0.15, 0.2) is 0 Å². The molecule has 0 spiro atoms. The minimum Gasteiger partial charge on any atom is -0.480 e. The Kier molecular flexibility index (Phi) is 9.05. The van der Waals surface area contributed by atoms with E-state index >= 15 is 0 Å². The maximum Gasteiger partial charge on any atom is 0.326 e. The first-order valence-corrected chi connectivity index (χ1v) is 12.7. The molecule has 1 fully saturated rings. The number of carbonyl (C=O) groups excluding carboxylic acids is 3. The molecule has 1 aromatic carbocycles. The van der Waals surface area contributed by atoms with Crippen LogP contribution in [-0.2, 0) is 38.4 Å². The third-order valence-electron chi connectivity index (χ3n) is 6.66. The van der Waals surface area contributed by atoms with Crippen molar-refractivity contribution in [3.8, 4) is 0 Å². The van der Waals surface area contributed by atoms with E-state index in [4.69, 9.17) is 5.73 Å². The third kappa shape index (κ3) is 7.29. The predicted molar refractivity (Wildman–Crippen MR) is 139 cm³/mol. The number of nitrogens with zero attached hydrogens (tertiary/aromatic N) is 3. The number of carboxylic acids is 1. The van der Waals surface area contributed by atoms with Crippen molar-refractivity contribution in [2.24, 2.45) is 5.73 Å². The van der Waals surface area contributed by atoms with Gasteiger partial charge in [0.2, 0.25) is 17.7 Å². The number of likely N-dealkylation sites (tertiary alicyclic amines) is 1. The van der Waals surface area contributed by atoms with E-state index in [0.29, 0.717) is 30.8 Å². The second-order valence-electron chi connectivity index (χ2n) is 9.51. The molecule has 3 aromatic rings. The van der Waals surface area contributed by atoms with Crippen molar-refractivity contribution in [2.75, 3.05) is 6.54 Å². The molecule has 0 saturated carbocycles. The van der Waals surface area contributed by atoms with Gasteiger partial charge in [-0.05, 0) is 18.4 Å². The molecule has 1 aliphatic heterocycles. The van der Waals surface area contributed by atoms with Crippen LogP contribution in [0.1, 0.15) is 29.8 Å². The van der Waals surface area contributed by atoms with Crippen LogP contribution in [0.4, 0.5) is 0 Å². The van der Waals surface area contributed by atoms with Gasteiger partial charge >= 0.3 is 5.97 Å². The van der Waals surface area contributed by atoms with Gasteiger partial charge < -0.3 is 36.3 Å². The number of carboxylic acid groups (broad SMARTS) is 1. The molecule has 3 heterocycles. The molecule has 1 aliphatic rings. The molecule has 3 amide bonds. The van der Waals surface area contributed by atoms with E-state index in [-0.39, 0.29) is 19.3 Å². The Morgan fingerprint density at radius 2 is 1.64 bits per heavy atom. The fourth-order valence-electron chi connectivity index (χ4n) is 4.64. The molecule has 0 aliphatic carbocycles. The summed E-state index contributed by atoms with van der Waals surface area (Å²) < 4.78 is 0. The van der Waals surface area contributed by atoms with Gasteiger partial charge in [-0.15, -0.1) is 0 Å². The van der Waals surface area contributed by atoms with Gasteiger partial charge in [-0.25, -0.2) is 14.8 Å². The van der Waals surface area contributed by atoms with Gasteiger partial charge in [-0.1, -0.05) is 30.3 Å². The van der Waals surface area contributed by atoms with Gasteiger partial charge in [-0.2, -0.15) is 0 Å². The molecule has 13 nitrogen and oxygen atoms in total. The number of hydrogen-bond donors (Lipinski definition) is 6. The van der Waals surface area contributed by atoms with Gasteiger partial charge in [0.25, 0.3) is 0 Å². The summed E-state index contributed by atoms with van der Waals surface area (Å²) in [6.07, 6.45) is 7.34. The van der Waals surface area contributed by atoms with E-state index in [1.807, 2.05) is 30.3 Å². The van der Waals surface area contributed by atoms with Crippen LogP contribution >= 0.6 is 0 Å². The number of nitrogens with one attached hydrogen (secondary N) is 4. The first kappa shape index (κ1) is 27.5. The Bertz CT molecular complexity index is 1250. The molecular formula is C26H32N8O5. The highest BCUT2D eigenvalue weighted by molar-refractivity contribution is 5.94.